The number of hydrogen-bond acceptors (Lipinski definition) is 4. The fourth-order valence-corrected chi connectivity index (χ4v) is 3.86. The van der Waals surface area contributed by atoms with E-state index in [1.165, 1.54) is 0 Å². The van der Waals surface area contributed by atoms with Crippen LogP contribution < -0.4 is 5.46 Å². The molecule has 0 saturated carbocycles. The molecule has 3 aromatic carbocycles. The monoisotopic (exact) mass is 434 g/mol. The zero-order valence-corrected chi connectivity index (χ0v) is 19.4. The highest BCUT2D eigenvalue weighted by molar-refractivity contribution is 6.62. The molecular formula is C28H27BN2O2. The molecule has 0 radical (unpaired) electrons. The number of benzene rings is 3. The van der Waals surface area contributed by atoms with Crippen LogP contribution in [0.25, 0.3) is 33.9 Å². The lowest BCUT2D eigenvalue weighted by molar-refractivity contribution is 0.00578. The lowest BCUT2D eigenvalue weighted by Crippen LogP contribution is -2.41. The van der Waals surface area contributed by atoms with Gasteiger partial charge in [-0.05, 0) is 39.2 Å². The zero-order valence-electron chi connectivity index (χ0n) is 19.4. The molecule has 4 aromatic rings. The first kappa shape index (κ1) is 21.6. The van der Waals surface area contributed by atoms with E-state index in [0.717, 1.165) is 33.5 Å². The fraction of sp³-hybridized carbons (Fsp3) is 0.214. The van der Waals surface area contributed by atoms with Gasteiger partial charge < -0.3 is 9.31 Å². The molecule has 1 fully saturated rings. The van der Waals surface area contributed by atoms with Gasteiger partial charge in [0, 0.05) is 16.7 Å². The summed E-state index contributed by atoms with van der Waals surface area (Å²) in [5.41, 5.74) is 5.12. The Hall–Kier alpha value is -3.28. The second-order valence-corrected chi connectivity index (χ2v) is 9.40. The minimum Gasteiger partial charge on any atom is -0.399 e. The van der Waals surface area contributed by atoms with Gasteiger partial charge in [0.1, 0.15) is 0 Å². The van der Waals surface area contributed by atoms with Crippen LogP contribution in [0, 0.1) is 0 Å². The summed E-state index contributed by atoms with van der Waals surface area (Å²) in [5, 5.41) is 0. The number of nitrogens with zero attached hydrogens (tertiary/aromatic N) is 2. The third-order valence-corrected chi connectivity index (χ3v) is 6.56. The van der Waals surface area contributed by atoms with Crippen molar-refractivity contribution in [2.75, 3.05) is 0 Å². The lowest BCUT2D eigenvalue weighted by Gasteiger charge is -2.32. The molecule has 4 nitrogen and oxygen atoms in total. The first-order valence-corrected chi connectivity index (χ1v) is 11.3. The standard InChI is InChI=1S/C28H27BN2O2/c1-27(2)28(3,4)33-29(32-27)23-17-15-21(16-18-23)25-19-24(20-11-7-5-8-12-20)30-26(31-25)22-13-9-6-10-14-22/h5-19H,1-4H3. The van der Waals surface area contributed by atoms with E-state index in [1.54, 1.807) is 0 Å². The molecule has 0 bridgehead atoms. The molecule has 0 unspecified atom stereocenters. The first-order valence-electron chi connectivity index (χ1n) is 11.3. The minimum atomic E-state index is -0.380. The summed E-state index contributed by atoms with van der Waals surface area (Å²) in [4.78, 5) is 9.76. The van der Waals surface area contributed by atoms with E-state index in [4.69, 9.17) is 19.3 Å². The van der Waals surface area contributed by atoms with E-state index in [0.29, 0.717) is 5.82 Å². The smallest absolute Gasteiger partial charge is 0.399 e. The molecule has 1 aliphatic rings. The van der Waals surface area contributed by atoms with Crippen molar-refractivity contribution in [1.82, 2.24) is 9.97 Å². The SMILES string of the molecule is CC1(C)OB(c2ccc(-c3cc(-c4ccccc4)nc(-c4ccccc4)n3)cc2)OC1(C)C. The molecule has 0 N–H and O–H groups in total. The van der Waals surface area contributed by atoms with E-state index >= 15 is 0 Å². The van der Waals surface area contributed by atoms with Gasteiger partial charge in [-0.3, -0.25) is 0 Å². The largest absolute Gasteiger partial charge is 0.494 e. The number of rotatable bonds is 4. The Kier molecular flexibility index (Phi) is 5.39. The van der Waals surface area contributed by atoms with Crippen molar-refractivity contribution < 1.29 is 9.31 Å². The van der Waals surface area contributed by atoms with E-state index in [1.807, 2.05) is 54.6 Å². The normalized spacial score (nSPS) is 16.7. The first-order chi connectivity index (χ1) is 15.8. The summed E-state index contributed by atoms with van der Waals surface area (Å²) >= 11 is 0. The maximum absolute atomic E-state index is 6.20. The van der Waals surface area contributed by atoms with Crippen molar-refractivity contribution in [3.63, 3.8) is 0 Å². The van der Waals surface area contributed by atoms with Crippen molar-refractivity contribution in [3.05, 3.63) is 91.0 Å². The van der Waals surface area contributed by atoms with Crippen LogP contribution in [-0.4, -0.2) is 28.3 Å². The third kappa shape index (κ3) is 4.22. The highest BCUT2D eigenvalue weighted by Crippen LogP contribution is 2.36. The number of hydrogen-bond donors (Lipinski definition) is 0. The predicted octanol–water partition coefficient (Wildman–Crippen LogP) is 5.78. The molecule has 0 atom stereocenters. The molecule has 1 aliphatic heterocycles. The van der Waals surface area contributed by atoms with Gasteiger partial charge in [-0.1, -0.05) is 84.9 Å². The maximum atomic E-state index is 6.20. The van der Waals surface area contributed by atoms with E-state index in [2.05, 4.69) is 64.1 Å². The van der Waals surface area contributed by atoms with E-state index < -0.39 is 0 Å². The van der Waals surface area contributed by atoms with Gasteiger partial charge in [0.2, 0.25) is 0 Å². The molecule has 1 aromatic heterocycles. The highest BCUT2D eigenvalue weighted by atomic mass is 16.7. The Bertz CT molecular complexity index is 1180. The van der Waals surface area contributed by atoms with Crippen LogP contribution in [0.15, 0.2) is 91.0 Å². The van der Waals surface area contributed by atoms with Crippen LogP contribution in [0.1, 0.15) is 27.7 Å². The van der Waals surface area contributed by atoms with Crippen LogP contribution in [-0.2, 0) is 9.31 Å². The summed E-state index contributed by atoms with van der Waals surface area (Å²) in [6, 6.07) is 30.6. The van der Waals surface area contributed by atoms with Gasteiger partial charge in [-0.15, -0.1) is 0 Å². The van der Waals surface area contributed by atoms with Crippen molar-refractivity contribution in [1.29, 1.82) is 0 Å². The van der Waals surface area contributed by atoms with Crippen LogP contribution >= 0.6 is 0 Å². The Morgan fingerprint density at radius 3 is 1.55 bits per heavy atom. The average molecular weight is 434 g/mol. The molecule has 5 rings (SSSR count). The van der Waals surface area contributed by atoms with Crippen LogP contribution in [0.3, 0.4) is 0 Å². The van der Waals surface area contributed by atoms with Crippen molar-refractivity contribution in [2.45, 2.75) is 38.9 Å². The second-order valence-electron chi connectivity index (χ2n) is 9.40. The summed E-state index contributed by atoms with van der Waals surface area (Å²) in [5.74, 6) is 0.710. The van der Waals surface area contributed by atoms with E-state index in [9.17, 15) is 0 Å². The van der Waals surface area contributed by atoms with Gasteiger partial charge in [0.25, 0.3) is 0 Å². The molecular weight excluding hydrogens is 407 g/mol. The molecule has 1 saturated heterocycles. The number of aromatic nitrogens is 2. The molecule has 33 heavy (non-hydrogen) atoms. The lowest BCUT2D eigenvalue weighted by atomic mass is 9.79. The quantitative estimate of drug-likeness (QED) is 0.382. The van der Waals surface area contributed by atoms with Gasteiger partial charge in [0.05, 0.1) is 22.6 Å². The Labute approximate surface area is 195 Å². The molecule has 164 valence electrons. The van der Waals surface area contributed by atoms with Crippen LogP contribution in [0.5, 0.6) is 0 Å². The molecule has 2 heterocycles. The van der Waals surface area contributed by atoms with Crippen molar-refractivity contribution >= 4 is 12.6 Å². The summed E-state index contributed by atoms with van der Waals surface area (Å²) in [6.07, 6.45) is 0. The van der Waals surface area contributed by atoms with Crippen molar-refractivity contribution in [3.8, 4) is 33.9 Å². The Morgan fingerprint density at radius 1 is 0.576 bits per heavy atom. The Balaban J connectivity index is 1.52. The van der Waals surface area contributed by atoms with Gasteiger partial charge in [-0.25, -0.2) is 9.97 Å². The topological polar surface area (TPSA) is 44.2 Å². The van der Waals surface area contributed by atoms with Gasteiger partial charge in [-0.2, -0.15) is 0 Å². The zero-order chi connectivity index (χ0) is 23.1. The second kappa shape index (κ2) is 8.25. The fourth-order valence-electron chi connectivity index (χ4n) is 3.86. The van der Waals surface area contributed by atoms with Gasteiger partial charge >= 0.3 is 7.12 Å². The van der Waals surface area contributed by atoms with E-state index in [-0.39, 0.29) is 18.3 Å². The highest BCUT2D eigenvalue weighted by Gasteiger charge is 2.51. The molecule has 5 heteroatoms. The van der Waals surface area contributed by atoms with Crippen molar-refractivity contribution in [2.24, 2.45) is 0 Å². The van der Waals surface area contributed by atoms with Crippen LogP contribution in [0.2, 0.25) is 0 Å². The minimum absolute atomic E-state index is 0.363. The Morgan fingerprint density at radius 2 is 1.03 bits per heavy atom. The summed E-state index contributed by atoms with van der Waals surface area (Å²) < 4.78 is 12.4. The average Bonchev–Trinajstić information content (AvgIpc) is 3.07. The van der Waals surface area contributed by atoms with Crippen LogP contribution in [0.4, 0.5) is 0 Å². The molecule has 0 amide bonds. The molecule has 0 aliphatic carbocycles. The maximum Gasteiger partial charge on any atom is 0.494 e. The summed E-state index contributed by atoms with van der Waals surface area (Å²) in [7, 11) is -0.380. The third-order valence-electron chi connectivity index (χ3n) is 6.56. The summed E-state index contributed by atoms with van der Waals surface area (Å²) in [6.45, 7) is 8.27. The predicted molar refractivity (Wildman–Crippen MR) is 134 cm³/mol. The van der Waals surface area contributed by atoms with Gasteiger partial charge in [0.15, 0.2) is 5.82 Å². The molecule has 0 spiro atoms.